The molecule has 2 aromatic carbocycles. The molecule has 0 heterocycles. The van der Waals surface area contributed by atoms with Crippen LogP contribution in [0.2, 0.25) is 0 Å². The van der Waals surface area contributed by atoms with Gasteiger partial charge >= 0.3 is 11.9 Å². The largest absolute Gasteiger partial charge is 0.494 e. The van der Waals surface area contributed by atoms with Crippen LogP contribution in [0.1, 0.15) is 37.8 Å². The molecule has 0 atom stereocenters. The maximum absolute atomic E-state index is 11.0. The standard InChI is InChI=1S/C27H32O6/c1-5-25(28)32-18-8-7-17-30-23-13-9-21(10-14-23)27(3,4)22-11-15-24(16-12-22)31-19-20-33-26(29)6-2/h5-6,9-16H,1-2,7-8,17-20H2,3-4H3. The van der Waals surface area contributed by atoms with Crippen molar-refractivity contribution in [2.24, 2.45) is 0 Å². The predicted molar refractivity (Wildman–Crippen MR) is 128 cm³/mol. The van der Waals surface area contributed by atoms with Crippen LogP contribution in [0.15, 0.2) is 73.8 Å². The zero-order valence-corrected chi connectivity index (χ0v) is 19.4. The van der Waals surface area contributed by atoms with Gasteiger partial charge in [0, 0.05) is 17.6 Å². The van der Waals surface area contributed by atoms with Crippen LogP contribution in [0.4, 0.5) is 0 Å². The fourth-order valence-electron chi connectivity index (χ4n) is 3.09. The Labute approximate surface area is 195 Å². The lowest BCUT2D eigenvalue weighted by Gasteiger charge is -2.26. The van der Waals surface area contributed by atoms with E-state index in [9.17, 15) is 9.59 Å². The number of rotatable bonds is 14. The van der Waals surface area contributed by atoms with E-state index in [0.29, 0.717) is 19.0 Å². The SMILES string of the molecule is C=CC(=O)OCCCCOc1ccc(C(C)(C)c2ccc(OCCOC(=O)C=C)cc2)cc1. The Morgan fingerprint density at radius 1 is 0.697 bits per heavy atom. The molecule has 0 aliphatic heterocycles. The van der Waals surface area contributed by atoms with Gasteiger partial charge in [-0.1, -0.05) is 51.3 Å². The van der Waals surface area contributed by atoms with E-state index in [4.69, 9.17) is 18.9 Å². The summed E-state index contributed by atoms with van der Waals surface area (Å²) in [5.41, 5.74) is 2.11. The van der Waals surface area contributed by atoms with Gasteiger partial charge in [0.1, 0.15) is 24.7 Å². The molecule has 0 unspecified atom stereocenters. The summed E-state index contributed by atoms with van der Waals surface area (Å²) in [6.07, 6.45) is 3.82. The smallest absolute Gasteiger partial charge is 0.330 e. The number of benzene rings is 2. The Hall–Kier alpha value is -3.54. The molecule has 0 saturated carbocycles. The van der Waals surface area contributed by atoms with Crippen LogP contribution < -0.4 is 9.47 Å². The van der Waals surface area contributed by atoms with Crippen molar-refractivity contribution in [2.75, 3.05) is 26.4 Å². The highest BCUT2D eigenvalue weighted by atomic mass is 16.6. The Balaban J connectivity index is 1.82. The van der Waals surface area contributed by atoms with Crippen molar-refractivity contribution in [1.29, 1.82) is 0 Å². The number of carbonyl (C=O) groups excluding carboxylic acids is 2. The third-order valence-electron chi connectivity index (χ3n) is 5.13. The molecular formula is C27H32O6. The average molecular weight is 453 g/mol. The van der Waals surface area contributed by atoms with E-state index in [2.05, 4.69) is 39.1 Å². The van der Waals surface area contributed by atoms with Crippen molar-refractivity contribution < 1.29 is 28.5 Å². The normalized spacial score (nSPS) is 10.7. The number of ether oxygens (including phenoxy) is 4. The fraction of sp³-hybridized carbons (Fsp3) is 0.333. The Morgan fingerprint density at radius 2 is 1.12 bits per heavy atom. The van der Waals surface area contributed by atoms with Crippen molar-refractivity contribution in [1.82, 2.24) is 0 Å². The molecule has 0 aliphatic carbocycles. The van der Waals surface area contributed by atoms with E-state index in [0.717, 1.165) is 41.9 Å². The molecule has 0 amide bonds. The van der Waals surface area contributed by atoms with Crippen LogP contribution in [0.5, 0.6) is 11.5 Å². The Kier molecular flexibility index (Phi) is 10.2. The van der Waals surface area contributed by atoms with Gasteiger partial charge in [-0.25, -0.2) is 9.59 Å². The third kappa shape index (κ3) is 8.48. The average Bonchev–Trinajstić information content (AvgIpc) is 2.84. The first-order valence-electron chi connectivity index (χ1n) is 10.9. The number of hydrogen-bond donors (Lipinski definition) is 0. The Morgan fingerprint density at radius 3 is 1.61 bits per heavy atom. The van der Waals surface area contributed by atoms with Gasteiger partial charge in [-0.3, -0.25) is 0 Å². The van der Waals surface area contributed by atoms with E-state index in [1.807, 2.05) is 36.4 Å². The van der Waals surface area contributed by atoms with Crippen LogP contribution in [-0.2, 0) is 24.5 Å². The number of unbranched alkanes of at least 4 members (excludes halogenated alkanes) is 1. The van der Waals surface area contributed by atoms with E-state index in [1.54, 1.807) is 0 Å². The summed E-state index contributed by atoms with van der Waals surface area (Å²) in [4.78, 5) is 22.0. The molecule has 0 fully saturated rings. The molecule has 176 valence electrons. The topological polar surface area (TPSA) is 71.1 Å². The van der Waals surface area contributed by atoms with Crippen molar-refractivity contribution in [2.45, 2.75) is 32.1 Å². The fourth-order valence-corrected chi connectivity index (χ4v) is 3.09. The molecule has 0 aromatic heterocycles. The van der Waals surface area contributed by atoms with Crippen molar-refractivity contribution in [3.63, 3.8) is 0 Å². The summed E-state index contributed by atoms with van der Waals surface area (Å²) in [5.74, 6) is 0.659. The van der Waals surface area contributed by atoms with Crippen LogP contribution >= 0.6 is 0 Å². The monoisotopic (exact) mass is 452 g/mol. The molecule has 0 N–H and O–H groups in total. The van der Waals surface area contributed by atoms with Gasteiger partial charge in [-0.05, 0) is 48.2 Å². The van der Waals surface area contributed by atoms with E-state index >= 15 is 0 Å². The van der Waals surface area contributed by atoms with E-state index < -0.39 is 11.9 Å². The number of hydrogen-bond acceptors (Lipinski definition) is 6. The molecular weight excluding hydrogens is 420 g/mol. The second-order valence-corrected chi connectivity index (χ2v) is 7.82. The van der Waals surface area contributed by atoms with Gasteiger partial charge in [0.2, 0.25) is 0 Å². The summed E-state index contributed by atoms with van der Waals surface area (Å²) in [6.45, 7) is 12.4. The minimum absolute atomic E-state index is 0.176. The highest BCUT2D eigenvalue weighted by Crippen LogP contribution is 2.33. The van der Waals surface area contributed by atoms with Gasteiger partial charge in [0.25, 0.3) is 0 Å². The summed E-state index contributed by atoms with van der Waals surface area (Å²) < 4.78 is 21.2. The highest BCUT2D eigenvalue weighted by molar-refractivity contribution is 5.81. The van der Waals surface area contributed by atoms with Crippen LogP contribution in [0.3, 0.4) is 0 Å². The van der Waals surface area contributed by atoms with Gasteiger partial charge in [-0.2, -0.15) is 0 Å². The summed E-state index contributed by atoms with van der Waals surface area (Å²) >= 11 is 0. The minimum Gasteiger partial charge on any atom is -0.494 e. The highest BCUT2D eigenvalue weighted by Gasteiger charge is 2.23. The first kappa shape index (κ1) is 25.7. The lowest BCUT2D eigenvalue weighted by Crippen LogP contribution is -2.18. The second-order valence-electron chi connectivity index (χ2n) is 7.82. The molecule has 0 radical (unpaired) electrons. The zero-order valence-electron chi connectivity index (χ0n) is 19.4. The maximum atomic E-state index is 11.0. The Bertz CT molecular complexity index is 913. The lowest BCUT2D eigenvalue weighted by atomic mass is 9.78. The molecule has 0 spiro atoms. The summed E-state index contributed by atoms with van der Waals surface area (Å²) in [5, 5.41) is 0. The van der Waals surface area contributed by atoms with Crippen LogP contribution in [-0.4, -0.2) is 38.4 Å². The first-order chi connectivity index (χ1) is 15.9. The van der Waals surface area contributed by atoms with Gasteiger partial charge < -0.3 is 18.9 Å². The van der Waals surface area contributed by atoms with Crippen molar-refractivity contribution in [3.8, 4) is 11.5 Å². The van der Waals surface area contributed by atoms with Crippen molar-refractivity contribution in [3.05, 3.63) is 85.0 Å². The first-order valence-corrected chi connectivity index (χ1v) is 10.9. The summed E-state index contributed by atoms with van der Waals surface area (Å²) in [7, 11) is 0. The van der Waals surface area contributed by atoms with Gasteiger partial charge in [0.05, 0.1) is 13.2 Å². The maximum Gasteiger partial charge on any atom is 0.330 e. The molecule has 33 heavy (non-hydrogen) atoms. The molecule has 6 heteroatoms. The molecule has 6 nitrogen and oxygen atoms in total. The molecule has 0 aliphatic rings. The molecule has 2 aromatic rings. The zero-order chi connectivity index (χ0) is 24.1. The number of esters is 2. The van der Waals surface area contributed by atoms with E-state index in [1.165, 1.54) is 0 Å². The summed E-state index contributed by atoms with van der Waals surface area (Å²) in [6, 6.07) is 16.0. The lowest BCUT2D eigenvalue weighted by molar-refractivity contribution is -0.139. The minimum atomic E-state index is -0.460. The van der Waals surface area contributed by atoms with Crippen LogP contribution in [0.25, 0.3) is 0 Å². The molecule has 2 rings (SSSR count). The third-order valence-corrected chi connectivity index (χ3v) is 5.13. The van der Waals surface area contributed by atoms with E-state index in [-0.39, 0.29) is 18.6 Å². The predicted octanol–water partition coefficient (Wildman–Crippen LogP) is 5.01. The number of carbonyl (C=O) groups is 2. The van der Waals surface area contributed by atoms with Gasteiger partial charge in [0.15, 0.2) is 0 Å². The molecule has 0 bridgehead atoms. The quantitative estimate of drug-likeness (QED) is 0.228. The second kappa shape index (κ2) is 13.1. The van der Waals surface area contributed by atoms with Crippen molar-refractivity contribution >= 4 is 11.9 Å². The molecule has 0 saturated heterocycles. The van der Waals surface area contributed by atoms with Gasteiger partial charge in [-0.15, -0.1) is 0 Å². The van der Waals surface area contributed by atoms with Crippen LogP contribution in [0, 0.1) is 0 Å².